The second-order valence-corrected chi connectivity index (χ2v) is 7.94. The summed E-state index contributed by atoms with van der Waals surface area (Å²) >= 11 is 0. The first-order valence-corrected chi connectivity index (χ1v) is 10.8. The summed E-state index contributed by atoms with van der Waals surface area (Å²) in [5, 5.41) is 9.66. The second-order valence-electron chi connectivity index (χ2n) is 7.94. The number of ether oxygens (including phenoxy) is 2. The van der Waals surface area contributed by atoms with Crippen LogP contribution in [0.3, 0.4) is 0 Å². The third-order valence-corrected chi connectivity index (χ3v) is 5.65. The molecule has 2 aromatic carbocycles. The van der Waals surface area contributed by atoms with Crippen molar-refractivity contribution in [3.63, 3.8) is 0 Å². The molecule has 1 fully saturated rings. The maximum absolute atomic E-state index is 14.6. The van der Waals surface area contributed by atoms with Crippen molar-refractivity contribution in [1.82, 2.24) is 9.55 Å². The average Bonchev–Trinajstić information content (AvgIpc) is 3.35. The molecule has 0 spiro atoms. The van der Waals surface area contributed by atoms with E-state index in [2.05, 4.69) is 9.88 Å². The molecule has 4 aromatic rings. The number of hydrogen-bond acceptors (Lipinski definition) is 5. The minimum atomic E-state index is -0.984. The number of carboxylic acid groups (broad SMARTS) is 1. The lowest BCUT2D eigenvalue weighted by molar-refractivity contribution is 0.0697. The minimum absolute atomic E-state index is 0.0943. The smallest absolute Gasteiger partial charge is 0.337 e. The third-order valence-electron chi connectivity index (χ3n) is 5.65. The summed E-state index contributed by atoms with van der Waals surface area (Å²) in [5.41, 5.74) is 2.07. The Bertz CT molecular complexity index is 1290. The van der Waals surface area contributed by atoms with Crippen LogP contribution in [0, 0.1) is 5.82 Å². The second kappa shape index (κ2) is 9.27. The van der Waals surface area contributed by atoms with Gasteiger partial charge in [0.2, 0.25) is 0 Å². The first kappa shape index (κ1) is 21.5. The lowest BCUT2D eigenvalue weighted by atomic mass is 10.1. The highest BCUT2D eigenvalue weighted by molar-refractivity contribution is 5.95. The number of rotatable bonds is 8. The molecule has 0 radical (unpaired) electrons. The number of anilines is 1. The van der Waals surface area contributed by atoms with Crippen LogP contribution in [0.5, 0.6) is 11.5 Å². The van der Waals surface area contributed by atoms with Crippen molar-refractivity contribution in [2.75, 3.05) is 18.0 Å². The number of aromatic nitrogens is 2. The Morgan fingerprint density at radius 1 is 1.06 bits per heavy atom. The summed E-state index contributed by atoms with van der Waals surface area (Å²) in [6.07, 6.45) is 6.72. The van der Waals surface area contributed by atoms with Gasteiger partial charge in [0, 0.05) is 30.2 Å². The van der Waals surface area contributed by atoms with Crippen LogP contribution < -0.4 is 14.4 Å². The fourth-order valence-corrected chi connectivity index (χ4v) is 3.93. The van der Waals surface area contributed by atoms with E-state index in [0.717, 1.165) is 5.69 Å². The number of benzene rings is 2. The molecule has 0 unspecified atom stereocenters. The Balaban J connectivity index is 1.24. The molecule has 3 heterocycles. The molecule has 0 atom stereocenters. The van der Waals surface area contributed by atoms with Crippen LogP contribution in [0.15, 0.2) is 85.5 Å². The van der Waals surface area contributed by atoms with E-state index in [9.17, 15) is 14.3 Å². The van der Waals surface area contributed by atoms with Gasteiger partial charge >= 0.3 is 5.97 Å². The molecule has 0 bridgehead atoms. The van der Waals surface area contributed by atoms with E-state index >= 15 is 0 Å². The molecule has 0 amide bonds. The van der Waals surface area contributed by atoms with Gasteiger partial charge in [0.25, 0.3) is 0 Å². The van der Waals surface area contributed by atoms with Crippen LogP contribution in [-0.4, -0.2) is 39.8 Å². The molecule has 34 heavy (non-hydrogen) atoms. The van der Waals surface area contributed by atoms with Gasteiger partial charge in [0.15, 0.2) is 0 Å². The zero-order valence-electron chi connectivity index (χ0n) is 18.2. The standard InChI is InChI=1S/C26H22FN3O4/c27-23-13-19(9-8-18(23)17-33-20-5-4-10-28-14-20)34-21-15-30(16-21)24-7-3-6-22(26(31)32)25(24)29-11-1-2-12-29/h1-14,21H,15-17H2,(H,31,32). The SMILES string of the molecule is O=C(O)c1cccc(N2CC(Oc3ccc(COc4cccnc4)c(F)c3)C2)c1-n1cccc1. The van der Waals surface area contributed by atoms with Crippen molar-refractivity contribution in [1.29, 1.82) is 0 Å². The zero-order valence-corrected chi connectivity index (χ0v) is 18.2. The van der Waals surface area contributed by atoms with Crippen molar-refractivity contribution in [3.8, 4) is 17.2 Å². The van der Waals surface area contributed by atoms with Crippen molar-refractivity contribution >= 4 is 11.7 Å². The van der Waals surface area contributed by atoms with Crippen molar-refractivity contribution in [2.45, 2.75) is 12.7 Å². The van der Waals surface area contributed by atoms with Crippen LogP contribution in [0.4, 0.5) is 10.1 Å². The molecule has 1 aliphatic heterocycles. The molecule has 0 aliphatic carbocycles. The van der Waals surface area contributed by atoms with Crippen molar-refractivity contribution in [3.05, 3.63) is 102 Å². The molecule has 8 heteroatoms. The van der Waals surface area contributed by atoms with Crippen LogP contribution >= 0.6 is 0 Å². The van der Waals surface area contributed by atoms with Gasteiger partial charge < -0.3 is 24.0 Å². The van der Waals surface area contributed by atoms with Gasteiger partial charge in [0.1, 0.15) is 30.0 Å². The maximum atomic E-state index is 14.6. The number of aromatic carboxylic acids is 1. The first-order chi connectivity index (χ1) is 16.6. The number of pyridine rings is 1. The van der Waals surface area contributed by atoms with Gasteiger partial charge in [-0.1, -0.05) is 6.07 Å². The number of para-hydroxylation sites is 1. The molecule has 172 valence electrons. The molecule has 1 saturated heterocycles. The molecule has 0 saturated carbocycles. The number of nitrogens with zero attached hydrogens (tertiary/aromatic N) is 3. The number of halogens is 1. The van der Waals surface area contributed by atoms with Crippen molar-refractivity contribution in [2.24, 2.45) is 0 Å². The quantitative estimate of drug-likeness (QED) is 0.416. The topological polar surface area (TPSA) is 76.8 Å². The highest BCUT2D eigenvalue weighted by Crippen LogP contribution is 2.33. The monoisotopic (exact) mass is 459 g/mol. The van der Waals surface area contributed by atoms with Gasteiger partial charge in [-0.15, -0.1) is 0 Å². The normalized spacial score (nSPS) is 13.4. The molecule has 2 aromatic heterocycles. The van der Waals surface area contributed by atoms with Crippen molar-refractivity contribution < 1.29 is 23.8 Å². The Hall–Kier alpha value is -4.33. The lowest BCUT2D eigenvalue weighted by Crippen LogP contribution is -2.54. The number of hydrogen-bond donors (Lipinski definition) is 1. The highest BCUT2D eigenvalue weighted by Gasteiger charge is 2.32. The predicted octanol–water partition coefficient (Wildman–Crippen LogP) is 4.56. The van der Waals surface area contributed by atoms with Gasteiger partial charge in [-0.05, 0) is 48.5 Å². The van der Waals surface area contributed by atoms with E-state index in [-0.39, 0.29) is 18.3 Å². The van der Waals surface area contributed by atoms with E-state index in [1.54, 1.807) is 53.4 Å². The summed E-state index contributed by atoms with van der Waals surface area (Å²) in [6.45, 7) is 1.22. The van der Waals surface area contributed by atoms with E-state index in [1.807, 2.05) is 30.6 Å². The van der Waals surface area contributed by atoms with Gasteiger partial charge in [-0.2, -0.15) is 0 Å². The summed E-state index contributed by atoms with van der Waals surface area (Å²) in [6, 6.07) is 17.2. The van der Waals surface area contributed by atoms with E-state index in [4.69, 9.17) is 9.47 Å². The van der Waals surface area contributed by atoms with Gasteiger partial charge in [-0.25, -0.2) is 9.18 Å². The summed E-state index contributed by atoms with van der Waals surface area (Å²) in [7, 11) is 0. The molecule has 7 nitrogen and oxygen atoms in total. The molecule has 5 rings (SSSR count). The van der Waals surface area contributed by atoms with Crippen LogP contribution in [0.1, 0.15) is 15.9 Å². The molecular weight excluding hydrogens is 437 g/mol. The Morgan fingerprint density at radius 3 is 2.59 bits per heavy atom. The first-order valence-electron chi connectivity index (χ1n) is 10.8. The predicted molar refractivity (Wildman–Crippen MR) is 124 cm³/mol. The molecule has 1 N–H and O–H groups in total. The Morgan fingerprint density at radius 2 is 1.88 bits per heavy atom. The minimum Gasteiger partial charge on any atom is -0.487 e. The third kappa shape index (κ3) is 4.43. The van der Waals surface area contributed by atoms with Gasteiger partial charge in [0.05, 0.1) is 36.2 Å². The van der Waals surface area contributed by atoms with E-state index in [1.165, 1.54) is 6.07 Å². The number of carbonyl (C=O) groups is 1. The van der Waals surface area contributed by atoms with Crippen LogP contribution in [0.25, 0.3) is 5.69 Å². The summed E-state index contributed by atoms with van der Waals surface area (Å²) in [4.78, 5) is 17.8. The lowest BCUT2D eigenvalue weighted by Gasteiger charge is -2.41. The Labute approximate surface area is 195 Å². The van der Waals surface area contributed by atoms with Gasteiger partial charge in [-0.3, -0.25) is 4.98 Å². The van der Waals surface area contributed by atoms with Crippen LogP contribution in [-0.2, 0) is 6.61 Å². The summed E-state index contributed by atoms with van der Waals surface area (Å²) in [5.74, 6) is -0.371. The largest absolute Gasteiger partial charge is 0.487 e. The van der Waals surface area contributed by atoms with E-state index < -0.39 is 11.8 Å². The number of carboxylic acids is 1. The average molecular weight is 459 g/mol. The molecule has 1 aliphatic rings. The van der Waals surface area contributed by atoms with E-state index in [0.29, 0.717) is 35.8 Å². The fraction of sp³-hybridized carbons (Fsp3) is 0.154. The fourth-order valence-electron chi connectivity index (χ4n) is 3.93. The maximum Gasteiger partial charge on any atom is 0.337 e. The summed E-state index contributed by atoms with van der Waals surface area (Å²) < 4.78 is 27.9. The Kier molecular flexibility index (Phi) is 5.86. The highest BCUT2D eigenvalue weighted by atomic mass is 19.1. The molecular formula is C26H22FN3O4. The van der Waals surface area contributed by atoms with Crippen LogP contribution in [0.2, 0.25) is 0 Å². The zero-order chi connectivity index (χ0) is 23.5.